The molecule has 2 rings (SSSR count). The summed E-state index contributed by atoms with van der Waals surface area (Å²) in [5.74, 6) is -1.17. The molecule has 7 nitrogen and oxygen atoms in total. The summed E-state index contributed by atoms with van der Waals surface area (Å²) in [5, 5.41) is 8.88. The number of hydrogen-bond acceptors (Lipinski definition) is 3. The lowest BCUT2D eigenvalue weighted by molar-refractivity contribution is 0.0686. The van der Waals surface area contributed by atoms with Crippen molar-refractivity contribution in [1.82, 2.24) is 14.3 Å². The predicted molar refractivity (Wildman–Crippen MR) is 67.2 cm³/mol. The van der Waals surface area contributed by atoms with Crippen LogP contribution in [0.1, 0.15) is 16.1 Å². The van der Waals surface area contributed by atoms with Crippen LogP contribution in [0.15, 0.2) is 35.6 Å². The van der Waals surface area contributed by atoms with Crippen molar-refractivity contribution in [2.45, 2.75) is 11.4 Å². The normalized spacial score (nSPS) is 11.6. The van der Waals surface area contributed by atoms with E-state index in [4.69, 9.17) is 5.11 Å². The maximum atomic E-state index is 12.0. The number of carboxylic acids is 1. The first-order valence-electron chi connectivity index (χ1n) is 5.41. The molecular weight excluding hydrogens is 270 g/mol. The molecule has 0 aliphatic heterocycles. The molecule has 0 aliphatic rings. The Morgan fingerprint density at radius 1 is 1.53 bits per heavy atom. The molecule has 2 aromatic heterocycles. The van der Waals surface area contributed by atoms with Gasteiger partial charge in [-0.1, -0.05) is 0 Å². The number of aromatic carboxylic acids is 1. The molecule has 0 saturated heterocycles. The standard InChI is InChI=1S/C11H13N3O4S/c1-14-7-9(4-10(14)11(15)16)19(17,18)13-6-8-2-3-12-5-8/h2-5,7,12-13H,6H2,1H3,(H,15,16). The third-order valence-electron chi connectivity index (χ3n) is 2.64. The molecule has 0 saturated carbocycles. The van der Waals surface area contributed by atoms with Crippen molar-refractivity contribution < 1.29 is 18.3 Å². The lowest BCUT2D eigenvalue weighted by atomic mass is 10.4. The minimum Gasteiger partial charge on any atom is -0.477 e. The Morgan fingerprint density at radius 2 is 2.26 bits per heavy atom. The molecule has 2 aromatic rings. The highest BCUT2D eigenvalue weighted by atomic mass is 32.2. The van der Waals surface area contributed by atoms with Crippen molar-refractivity contribution in [3.63, 3.8) is 0 Å². The smallest absolute Gasteiger partial charge is 0.352 e. The van der Waals surface area contributed by atoms with Crippen molar-refractivity contribution in [2.24, 2.45) is 7.05 Å². The third kappa shape index (κ3) is 2.85. The van der Waals surface area contributed by atoms with E-state index in [1.54, 1.807) is 18.5 Å². The lowest BCUT2D eigenvalue weighted by Gasteiger charge is -2.02. The molecule has 0 radical (unpaired) electrons. The predicted octanol–water partition coefficient (Wildman–Crippen LogP) is 0.530. The van der Waals surface area contributed by atoms with E-state index >= 15 is 0 Å². The van der Waals surface area contributed by atoms with Gasteiger partial charge in [0.25, 0.3) is 0 Å². The number of aryl methyl sites for hydroxylation is 1. The molecule has 3 N–H and O–H groups in total. The quantitative estimate of drug-likeness (QED) is 0.744. The van der Waals surface area contributed by atoms with Gasteiger partial charge in [0.1, 0.15) is 10.6 Å². The first-order chi connectivity index (χ1) is 8.90. The SMILES string of the molecule is Cn1cc(S(=O)(=O)NCc2cc[nH]c2)cc1C(=O)O. The van der Waals surface area contributed by atoms with E-state index in [1.165, 1.54) is 17.8 Å². The number of hydrogen-bond donors (Lipinski definition) is 3. The zero-order valence-electron chi connectivity index (χ0n) is 10.1. The molecule has 0 unspecified atom stereocenters. The maximum absolute atomic E-state index is 12.0. The molecule has 0 bridgehead atoms. The Morgan fingerprint density at radius 3 is 2.79 bits per heavy atom. The van der Waals surface area contributed by atoms with Gasteiger partial charge in [-0.3, -0.25) is 0 Å². The summed E-state index contributed by atoms with van der Waals surface area (Å²) in [4.78, 5) is 13.6. The number of nitrogens with one attached hydrogen (secondary N) is 2. The van der Waals surface area contributed by atoms with Gasteiger partial charge in [-0.15, -0.1) is 0 Å². The van der Waals surface area contributed by atoms with Gasteiger partial charge in [0, 0.05) is 32.2 Å². The van der Waals surface area contributed by atoms with Gasteiger partial charge in [0.05, 0.1) is 0 Å². The number of aromatic nitrogens is 2. The Kier molecular flexibility index (Phi) is 3.45. The van der Waals surface area contributed by atoms with Crippen LogP contribution in [0.3, 0.4) is 0 Å². The van der Waals surface area contributed by atoms with E-state index in [0.29, 0.717) is 0 Å². The largest absolute Gasteiger partial charge is 0.477 e. The van der Waals surface area contributed by atoms with Crippen molar-refractivity contribution in [2.75, 3.05) is 0 Å². The second-order valence-corrected chi connectivity index (χ2v) is 5.79. The van der Waals surface area contributed by atoms with Gasteiger partial charge < -0.3 is 14.7 Å². The Hall–Kier alpha value is -2.06. The van der Waals surface area contributed by atoms with Crippen LogP contribution in [0.5, 0.6) is 0 Å². The Labute approximate surface area is 109 Å². The van der Waals surface area contributed by atoms with Crippen LogP contribution in [0.4, 0.5) is 0 Å². The monoisotopic (exact) mass is 283 g/mol. The summed E-state index contributed by atoms with van der Waals surface area (Å²) in [6, 6.07) is 2.87. The van der Waals surface area contributed by atoms with Crippen LogP contribution in [-0.4, -0.2) is 29.0 Å². The number of sulfonamides is 1. The molecule has 0 fully saturated rings. The summed E-state index contributed by atoms with van der Waals surface area (Å²) in [7, 11) is -2.24. The van der Waals surface area contributed by atoms with Crippen molar-refractivity contribution in [3.8, 4) is 0 Å². The fraction of sp³-hybridized carbons (Fsp3) is 0.182. The summed E-state index contributed by atoms with van der Waals surface area (Å²) >= 11 is 0. The third-order valence-corrected chi connectivity index (χ3v) is 4.01. The highest BCUT2D eigenvalue weighted by Gasteiger charge is 2.19. The number of rotatable bonds is 5. The molecule has 0 aliphatic carbocycles. The zero-order valence-corrected chi connectivity index (χ0v) is 10.9. The van der Waals surface area contributed by atoms with Crippen LogP contribution >= 0.6 is 0 Å². The minimum atomic E-state index is -3.72. The van der Waals surface area contributed by atoms with Gasteiger partial charge in [0.15, 0.2) is 0 Å². The zero-order chi connectivity index (χ0) is 14.0. The summed E-state index contributed by atoms with van der Waals surface area (Å²) in [5.41, 5.74) is 0.708. The lowest BCUT2D eigenvalue weighted by Crippen LogP contribution is -2.22. The van der Waals surface area contributed by atoms with Crippen LogP contribution in [-0.2, 0) is 23.6 Å². The molecule has 19 heavy (non-hydrogen) atoms. The molecular formula is C11H13N3O4S. The van der Waals surface area contributed by atoms with Gasteiger partial charge >= 0.3 is 5.97 Å². The van der Waals surface area contributed by atoms with E-state index in [2.05, 4.69) is 9.71 Å². The molecule has 8 heteroatoms. The first-order valence-corrected chi connectivity index (χ1v) is 6.89. The van der Waals surface area contributed by atoms with Gasteiger partial charge in [0.2, 0.25) is 10.0 Å². The van der Waals surface area contributed by atoms with Gasteiger partial charge in [-0.2, -0.15) is 0 Å². The number of carboxylic acid groups (broad SMARTS) is 1. The van der Waals surface area contributed by atoms with Crippen molar-refractivity contribution in [1.29, 1.82) is 0 Å². The fourth-order valence-corrected chi connectivity index (χ4v) is 2.71. The molecule has 0 amide bonds. The summed E-state index contributed by atoms with van der Waals surface area (Å²) < 4.78 is 27.6. The molecule has 0 spiro atoms. The Bertz CT molecular complexity index is 686. The summed E-state index contributed by atoms with van der Waals surface area (Å²) in [6.45, 7) is 0.142. The highest BCUT2D eigenvalue weighted by Crippen LogP contribution is 2.13. The molecule has 2 heterocycles. The highest BCUT2D eigenvalue weighted by molar-refractivity contribution is 7.89. The number of carbonyl (C=O) groups is 1. The van der Waals surface area contributed by atoms with E-state index < -0.39 is 16.0 Å². The number of aromatic amines is 1. The van der Waals surface area contributed by atoms with Crippen LogP contribution in [0, 0.1) is 0 Å². The average Bonchev–Trinajstić information content (AvgIpc) is 2.95. The van der Waals surface area contributed by atoms with Gasteiger partial charge in [-0.05, 0) is 17.7 Å². The van der Waals surface area contributed by atoms with Crippen LogP contribution < -0.4 is 4.72 Å². The fourth-order valence-electron chi connectivity index (χ4n) is 1.62. The topological polar surface area (TPSA) is 104 Å². The van der Waals surface area contributed by atoms with E-state index in [0.717, 1.165) is 11.6 Å². The van der Waals surface area contributed by atoms with Crippen molar-refractivity contribution >= 4 is 16.0 Å². The van der Waals surface area contributed by atoms with E-state index in [9.17, 15) is 13.2 Å². The van der Waals surface area contributed by atoms with Crippen LogP contribution in [0.25, 0.3) is 0 Å². The Balaban J connectivity index is 2.20. The van der Waals surface area contributed by atoms with E-state index in [-0.39, 0.29) is 17.1 Å². The van der Waals surface area contributed by atoms with Gasteiger partial charge in [-0.25, -0.2) is 17.9 Å². The molecule has 102 valence electrons. The minimum absolute atomic E-state index is 0.0667. The van der Waals surface area contributed by atoms with Crippen LogP contribution in [0.2, 0.25) is 0 Å². The second kappa shape index (κ2) is 4.90. The maximum Gasteiger partial charge on any atom is 0.352 e. The van der Waals surface area contributed by atoms with E-state index in [1.807, 2.05) is 0 Å². The molecule has 0 atom stereocenters. The summed E-state index contributed by atoms with van der Waals surface area (Å²) in [6.07, 6.45) is 4.63. The first kappa shape index (κ1) is 13.4. The molecule has 0 aromatic carbocycles. The average molecular weight is 283 g/mol. The number of H-pyrrole nitrogens is 1. The number of nitrogens with zero attached hydrogens (tertiary/aromatic N) is 1. The van der Waals surface area contributed by atoms with Crippen molar-refractivity contribution in [3.05, 3.63) is 42.0 Å². The second-order valence-electron chi connectivity index (χ2n) is 4.02.